The fraction of sp³-hybridized carbons (Fsp3) is 0.421. The zero-order valence-electron chi connectivity index (χ0n) is 15.3. The highest BCUT2D eigenvalue weighted by molar-refractivity contribution is 14.0. The van der Waals surface area contributed by atoms with Crippen LogP contribution in [0.2, 0.25) is 0 Å². The maximum atomic E-state index is 10.5. The van der Waals surface area contributed by atoms with Crippen LogP contribution in [-0.4, -0.2) is 36.1 Å². The number of hydrogen-bond donors (Lipinski definition) is 2. The van der Waals surface area contributed by atoms with E-state index in [1.807, 2.05) is 18.9 Å². The second-order valence-corrected chi connectivity index (χ2v) is 6.26. The largest absolute Gasteiger partial charge is 0.466 e. The summed E-state index contributed by atoms with van der Waals surface area (Å²) in [6, 6.07) is 12.0. The average Bonchev–Trinajstić information content (AvgIpc) is 3.09. The van der Waals surface area contributed by atoms with E-state index in [1.165, 1.54) is 11.1 Å². The molecule has 25 heavy (non-hydrogen) atoms. The van der Waals surface area contributed by atoms with Gasteiger partial charge in [0.25, 0.3) is 0 Å². The number of aliphatic imine (C=N–C) groups is 1. The topological polar surface area (TPSA) is 61.0 Å². The summed E-state index contributed by atoms with van der Waals surface area (Å²) in [5.41, 5.74) is 1.33. The first kappa shape index (κ1) is 21.5. The summed E-state index contributed by atoms with van der Waals surface area (Å²) in [5, 5.41) is 13.8. The van der Waals surface area contributed by atoms with Crippen molar-refractivity contribution in [1.82, 2.24) is 10.2 Å². The average molecular weight is 457 g/mol. The Kier molecular flexibility index (Phi) is 8.44. The van der Waals surface area contributed by atoms with E-state index in [9.17, 15) is 5.11 Å². The molecule has 0 radical (unpaired) electrons. The molecular weight excluding hydrogens is 429 g/mol. The molecule has 1 unspecified atom stereocenters. The van der Waals surface area contributed by atoms with Gasteiger partial charge in [-0.25, -0.2) is 4.99 Å². The lowest BCUT2D eigenvalue weighted by Gasteiger charge is -2.24. The third-order valence-corrected chi connectivity index (χ3v) is 3.83. The molecule has 0 amide bonds. The molecule has 1 aromatic heterocycles. The number of aryl methyl sites for hydroxylation is 1. The number of rotatable bonds is 6. The molecule has 6 heteroatoms. The van der Waals surface area contributed by atoms with Crippen LogP contribution in [0.4, 0.5) is 0 Å². The first-order chi connectivity index (χ1) is 11.4. The molecule has 0 fully saturated rings. The van der Waals surface area contributed by atoms with E-state index in [0.717, 1.165) is 19.0 Å². The molecule has 0 bridgehead atoms. The molecule has 1 aromatic carbocycles. The molecule has 2 N–H and O–H groups in total. The smallest absolute Gasteiger partial charge is 0.194 e. The molecule has 2 aromatic rings. The van der Waals surface area contributed by atoms with Gasteiger partial charge < -0.3 is 19.7 Å². The number of guanidine groups is 1. The Morgan fingerprint density at radius 1 is 1.28 bits per heavy atom. The maximum Gasteiger partial charge on any atom is 0.194 e. The molecule has 2 rings (SSSR count). The van der Waals surface area contributed by atoms with E-state index in [0.29, 0.717) is 5.76 Å². The molecule has 0 spiro atoms. The molecule has 138 valence electrons. The summed E-state index contributed by atoms with van der Waals surface area (Å²) in [6.45, 7) is 7.55. The van der Waals surface area contributed by atoms with E-state index in [4.69, 9.17) is 4.42 Å². The number of nitrogens with one attached hydrogen (secondary N) is 1. The van der Waals surface area contributed by atoms with E-state index >= 15 is 0 Å². The standard InChI is InChI=1S/C19H27N3O2.HI/c1-5-20-18(21-14-19(3,23)17-7-6-12-24-17)22(4)13-16-10-8-15(2)9-11-16;/h6-12,23H,5,13-14H2,1-4H3,(H,20,21);1H. The van der Waals surface area contributed by atoms with Crippen LogP contribution in [0.1, 0.15) is 30.7 Å². The second kappa shape index (κ2) is 9.82. The SMILES string of the molecule is CCNC(=NCC(C)(O)c1ccco1)N(C)Cc1ccc(C)cc1.I. The molecule has 1 heterocycles. The number of halogens is 1. The third-order valence-electron chi connectivity index (χ3n) is 3.83. The zero-order valence-corrected chi connectivity index (χ0v) is 17.7. The van der Waals surface area contributed by atoms with Crippen LogP contribution in [-0.2, 0) is 12.1 Å². The van der Waals surface area contributed by atoms with Crippen molar-refractivity contribution < 1.29 is 9.52 Å². The number of benzene rings is 1. The summed E-state index contributed by atoms with van der Waals surface area (Å²) in [7, 11) is 1.99. The minimum atomic E-state index is -1.13. The fourth-order valence-corrected chi connectivity index (χ4v) is 2.40. The monoisotopic (exact) mass is 457 g/mol. The molecule has 0 saturated heterocycles. The Balaban J connectivity index is 0.00000312. The van der Waals surface area contributed by atoms with Crippen molar-refractivity contribution in [3.8, 4) is 0 Å². The lowest BCUT2D eigenvalue weighted by Crippen LogP contribution is -2.39. The van der Waals surface area contributed by atoms with Crippen molar-refractivity contribution >= 4 is 29.9 Å². The van der Waals surface area contributed by atoms with Crippen LogP contribution in [0, 0.1) is 6.92 Å². The van der Waals surface area contributed by atoms with Crippen molar-refractivity contribution in [2.75, 3.05) is 20.1 Å². The third kappa shape index (κ3) is 6.36. The summed E-state index contributed by atoms with van der Waals surface area (Å²) in [4.78, 5) is 6.62. The first-order valence-corrected chi connectivity index (χ1v) is 8.23. The Morgan fingerprint density at radius 2 is 1.96 bits per heavy atom. The molecular formula is C19H28IN3O2. The predicted octanol–water partition coefficient (Wildman–Crippen LogP) is 3.51. The summed E-state index contributed by atoms with van der Waals surface area (Å²) in [6.07, 6.45) is 1.56. The van der Waals surface area contributed by atoms with Gasteiger partial charge in [0.1, 0.15) is 11.4 Å². The van der Waals surface area contributed by atoms with Crippen LogP contribution in [0.15, 0.2) is 52.1 Å². The quantitative estimate of drug-likeness (QED) is 0.396. The normalized spacial score (nSPS) is 13.7. The van der Waals surface area contributed by atoms with Crippen LogP contribution in [0.5, 0.6) is 0 Å². The van der Waals surface area contributed by atoms with Gasteiger partial charge in [0.2, 0.25) is 0 Å². The summed E-state index contributed by atoms with van der Waals surface area (Å²) < 4.78 is 5.30. The van der Waals surface area contributed by atoms with Crippen molar-refractivity contribution in [2.24, 2.45) is 4.99 Å². The fourth-order valence-electron chi connectivity index (χ4n) is 2.40. The van der Waals surface area contributed by atoms with E-state index < -0.39 is 5.60 Å². The van der Waals surface area contributed by atoms with Gasteiger partial charge in [-0.3, -0.25) is 0 Å². The Bertz CT molecular complexity index is 652. The van der Waals surface area contributed by atoms with Crippen molar-refractivity contribution in [3.05, 3.63) is 59.5 Å². The molecule has 0 aliphatic carbocycles. The first-order valence-electron chi connectivity index (χ1n) is 8.23. The van der Waals surface area contributed by atoms with E-state index in [1.54, 1.807) is 25.3 Å². The number of aliphatic hydroxyl groups is 1. The summed E-state index contributed by atoms with van der Waals surface area (Å²) >= 11 is 0. The highest BCUT2D eigenvalue weighted by Gasteiger charge is 2.26. The van der Waals surface area contributed by atoms with Gasteiger partial charge in [0, 0.05) is 20.1 Å². The Hall–Kier alpha value is -1.54. The Morgan fingerprint density at radius 3 is 2.52 bits per heavy atom. The zero-order chi connectivity index (χ0) is 17.6. The molecule has 5 nitrogen and oxygen atoms in total. The highest BCUT2D eigenvalue weighted by Crippen LogP contribution is 2.21. The number of nitrogens with zero attached hydrogens (tertiary/aromatic N) is 2. The predicted molar refractivity (Wildman–Crippen MR) is 112 cm³/mol. The number of furan rings is 1. The van der Waals surface area contributed by atoms with E-state index in [2.05, 4.69) is 41.5 Å². The van der Waals surface area contributed by atoms with Crippen LogP contribution in [0.25, 0.3) is 0 Å². The van der Waals surface area contributed by atoms with Crippen LogP contribution >= 0.6 is 24.0 Å². The molecule has 0 aliphatic heterocycles. The van der Waals surface area contributed by atoms with Crippen LogP contribution in [0.3, 0.4) is 0 Å². The van der Waals surface area contributed by atoms with Crippen molar-refractivity contribution in [1.29, 1.82) is 0 Å². The van der Waals surface area contributed by atoms with Gasteiger partial charge in [-0.15, -0.1) is 24.0 Å². The van der Waals surface area contributed by atoms with Gasteiger partial charge in [0.15, 0.2) is 5.96 Å². The van der Waals surface area contributed by atoms with Gasteiger partial charge in [0.05, 0.1) is 12.8 Å². The second-order valence-electron chi connectivity index (χ2n) is 6.26. The molecule has 0 aliphatic rings. The highest BCUT2D eigenvalue weighted by atomic mass is 127. The molecule has 0 saturated carbocycles. The number of hydrogen-bond acceptors (Lipinski definition) is 3. The lowest BCUT2D eigenvalue weighted by molar-refractivity contribution is 0.0435. The lowest BCUT2D eigenvalue weighted by atomic mass is 10.0. The van der Waals surface area contributed by atoms with E-state index in [-0.39, 0.29) is 30.5 Å². The van der Waals surface area contributed by atoms with Crippen molar-refractivity contribution in [2.45, 2.75) is 32.9 Å². The molecule has 1 atom stereocenters. The Labute approximate surface area is 167 Å². The van der Waals surface area contributed by atoms with Crippen LogP contribution < -0.4 is 5.32 Å². The van der Waals surface area contributed by atoms with Gasteiger partial charge >= 0.3 is 0 Å². The summed E-state index contributed by atoms with van der Waals surface area (Å²) in [5.74, 6) is 1.27. The van der Waals surface area contributed by atoms with Gasteiger partial charge in [-0.2, -0.15) is 0 Å². The minimum Gasteiger partial charge on any atom is -0.466 e. The minimum absolute atomic E-state index is 0. The maximum absolute atomic E-state index is 10.5. The van der Waals surface area contributed by atoms with Gasteiger partial charge in [-0.1, -0.05) is 29.8 Å². The van der Waals surface area contributed by atoms with Crippen molar-refractivity contribution in [3.63, 3.8) is 0 Å². The van der Waals surface area contributed by atoms with Gasteiger partial charge in [-0.05, 0) is 38.5 Å².